The Labute approximate surface area is 187 Å². The van der Waals surface area contributed by atoms with E-state index in [1.54, 1.807) is 21.3 Å². The summed E-state index contributed by atoms with van der Waals surface area (Å²) in [5.74, 6) is -0.469. The summed E-state index contributed by atoms with van der Waals surface area (Å²) in [4.78, 5) is 11.7. The monoisotopic (exact) mass is 444 g/mol. The van der Waals surface area contributed by atoms with Crippen molar-refractivity contribution in [3.05, 3.63) is 12.7 Å². The molecule has 178 valence electrons. The molecule has 0 aliphatic heterocycles. The van der Waals surface area contributed by atoms with Gasteiger partial charge in [0.15, 0.2) is 5.73 Å². The molecule has 0 aromatic heterocycles. The van der Waals surface area contributed by atoms with E-state index in [1.807, 2.05) is 0 Å². The number of esters is 1. The van der Waals surface area contributed by atoms with Crippen molar-refractivity contribution in [3.8, 4) is 0 Å². The number of ether oxygens (including phenoxy) is 1. The van der Waals surface area contributed by atoms with Gasteiger partial charge in [0, 0.05) is 27.4 Å². The van der Waals surface area contributed by atoms with Crippen LogP contribution in [0.1, 0.15) is 110 Å². The van der Waals surface area contributed by atoms with Crippen LogP contribution in [0.4, 0.5) is 0 Å². The Morgan fingerprint density at radius 1 is 0.733 bits per heavy atom. The Morgan fingerprint density at radius 3 is 1.43 bits per heavy atom. The highest BCUT2D eigenvalue weighted by molar-refractivity contribution is 6.62. The summed E-state index contributed by atoms with van der Waals surface area (Å²) in [5.41, 5.74) is -0.495. The average molecular weight is 445 g/mol. The van der Waals surface area contributed by atoms with Crippen LogP contribution in [0.2, 0.25) is 0 Å². The molecule has 30 heavy (non-hydrogen) atoms. The van der Waals surface area contributed by atoms with Crippen LogP contribution >= 0.6 is 0 Å². The van der Waals surface area contributed by atoms with Gasteiger partial charge in [-0.05, 0) is 12.8 Å². The van der Waals surface area contributed by atoms with E-state index >= 15 is 0 Å². The number of rotatable bonds is 22. The molecule has 1 atom stereocenters. The van der Waals surface area contributed by atoms with Crippen LogP contribution in [0.3, 0.4) is 0 Å². The minimum absolute atomic E-state index is 0.469. The fourth-order valence-electron chi connectivity index (χ4n) is 3.84. The number of hydrogen-bond acceptors (Lipinski definition) is 5. The lowest BCUT2D eigenvalue weighted by atomic mass is 10.0. The molecule has 0 spiro atoms. The Morgan fingerprint density at radius 2 is 1.10 bits per heavy atom. The van der Waals surface area contributed by atoms with Crippen LogP contribution in [-0.4, -0.2) is 41.8 Å². The van der Waals surface area contributed by atoms with Crippen LogP contribution < -0.4 is 0 Å². The van der Waals surface area contributed by atoms with E-state index in [0.29, 0.717) is 6.42 Å². The summed E-state index contributed by atoms with van der Waals surface area (Å²) in [6.07, 6.45) is 21.6. The first-order valence-corrected chi connectivity index (χ1v) is 13.9. The van der Waals surface area contributed by atoms with Crippen molar-refractivity contribution in [2.24, 2.45) is 0 Å². The first-order chi connectivity index (χ1) is 14.6. The van der Waals surface area contributed by atoms with Crippen molar-refractivity contribution >= 4 is 14.8 Å². The van der Waals surface area contributed by atoms with E-state index in [0.717, 1.165) is 12.8 Å². The molecular formula is C24H48O5Si. The Balaban J connectivity index is 3.82. The molecule has 0 aliphatic carbocycles. The maximum absolute atomic E-state index is 11.7. The zero-order valence-corrected chi connectivity index (χ0v) is 21.2. The molecule has 0 aromatic carbocycles. The molecule has 0 bridgehead atoms. The van der Waals surface area contributed by atoms with E-state index in [4.69, 9.17) is 18.0 Å². The van der Waals surface area contributed by atoms with Gasteiger partial charge in [0.05, 0.1) is 0 Å². The van der Waals surface area contributed by atoms with E-state index in [2.05, 4.69) is 13.5 Å². The minimum Gasteiger partial charge on any atom is -0.455 e. The van der Waals surface area contributed by atoms with Gasteiger partial charge in [-0.25, -0.2) is 4.79 Å². The van der Waals surface area contributed by atoms with Gasteiger partial charge < -0.3 is 18.0 Å². The maximum Gasteiger partial charge on any atom is 0.543 e. The van der Waals surface area contributed by atoms with Crippen LogP contribution in [0.5, 0.6) is 0 Å². The van der Waals surface area contributed by atoms with Crippen molar-refractivity contribution in [1.82, 2.24) is 0 Å². The molecule has 0 heterocycles. The molecule has 0 aliphatic rings. The summed E-state index contributed by atoms with van der Waals surface area (Å²) in [5, 5.41) is 0. The van der Waals surface area contributed by atoms with Gasteiger partial charge in [0.25, 0.3) is 0 Å². The molecule has 5 nitrogen and oxygen atoms in total. The van der Waals surface area contributed by atoms with Crippen LogP contribution in [0.25, 0.3) is 0 Å². The Bertz CT molecular complexity index is 404. The number of carbonyl (C=O) groups excluding carboxylic acids is 1. The Hall–Kier alpha value is -0.693. The zero-order valence-electron chi connectivity index (χ0n) is 20.2. The molecule has 0 saturated carbocycles. The highest BCUT2D eigenvalue weighted by Crippen LogP contribution is 2.22. The molecule has 0 saturated heterocycles. The molecule has 0 amide bonds. The third-order valence-electron chi connectivity index (χ3n) is 5.74. The lowest BCUT2D eigenvalue weighted by Gasteiger charge is -2.31. The quantitative estimate of drug-likeness (QED) is 0.0798. The SMILES string of the molecule is C=CC(=O)OC(CCCCCCCCCCCCCCCCC)[Si](OC)(OC)OC. The van der Waals surface area contributed by atoms with Crippen molar-refractivity contribution in [2.75, 3.05) is 21.3 Å². The van der Waals surface area contributed by atoms with Gasteiger partial charge in [-0.3, -0.25) is 0 Å². The van der Waals surface area contributed by atoms with Gasteiger partial charge in [0.1, 0.15) is 0 Å². The van der Waals surface area contributed by atoms with Gasteiger partial charge in [-0.15, -0.1) is 0 Å². The van der Waals surface area contributed by atoms with Crippen molar-refractivity contribution in [2.45, 2.75) is 115 Å². The molecule has 0 rings (SSSR count). The number of unbranched alkanes of at least 4 members (excludes halogenated alkanes) is 14. The normalized spacial score (nSPS) is 12.7. The summed E-state index contributed by atoms with van der Waals surface area (Å²) in [6.45, 7) is 5.74. The van der Waals surface area contributed by atoms with E-state index in [9.17, 15) is 4.79 Å². The Kier molecular flexibility index (Phi) is 19.8. The topological polar surface area (TPSA) is 54.0 Å². The summed E-state index contributed by atoms with van der Waals surface area (Å²) in [7, 11) is 1.60. The van der Waals surface area contributed by atoms with Crippen molar-refractivity contribution in [1.29, 1.82) is 0 Å². The third-order valence-corrected chi connectivity index (χ3v) is 8.65. The number of carbonyl (C=O) groups is 1. The summed E-state index contributed by atoms with van der Waals surface area (Å²) in [6, 6.07) is 0. The van der Waals surface area contributed by atoms with Gasteiger partial charge >= 0.3 is 14.8 Å². The molecular weight excluding hydrogens is 396 g/mol. The standard InChI is InChI=1S/C24H48O5Si/c1-6-8-9-10-11-12-13-14-15-16-17-18-19-20-21-22-24(29-23(25)7-2)30(26-3,27-4)28-5/h7,24H,2,6,8-22H2,1,3-5H3. The molecule has 0 fully saturated rings. The van der Waals surface area contributed by atoms with Crippen molar-refractivity contribution in [3.63, 3.8) is 0 Å². The highest BCUT2D eigenvalue weighted by atomic mass is 28.4. The lowest BCUT2D eigenvalue weighted by molar-refractivity contribution is -0.142. The summed E-state index contributed by atoms with van der Waals surface area (Å²) < 4.78 is 22.0. The fourth-order valence-corrected chi connectivity index (χ4v) is 5.95. The lowest BCUT2D eigenvalue weighted by Crippen LogP contribution is -2.56. The van der Waals surface area contributed by atoms with Crippen molar-refractivity contribution < 1.29 is 22.8 Å². The average Bonchev–Trinajstić information content (AvgIpc) is 2.77. The van der Waals surface area contributed by atoms with E-state index in [-0.39, 0.29) is 0 Å². The van der Waals surface area contributed by atoms with Crippen LogP contribution in [0, 0.1) is 0 Å². The predicted octanol–water partition coefficient (Wildman–Crippen LogP) is 6.76. The first kappa shape index (κ1) is 29.3. The minimum atomic E-state index is -3.02. The predicted molar refractivity (Wildman–Crippen MR) is 126 cm³/mol. The maximum atomic E-state index is 11.7. The fraction of sp³-hybridized carbons (Fsp3) is 0.875. The molecule has 6 heteroatoms. The summed E-state index contributed by atoms with van der Waals surface area (Å²) >= 11 is 0. The van der Waals surface area contributed by atoms with E-state index in [1.165, 1.54) is 89.5 Å². The molecule has 0 aromatic rings. The van der Waals surface area contributed by atoms with E-state index < -0.39 is 20.5 Å². The van der Waals surface area contributed by atoms with Gasteiger partial charge in [-0.1, -0.05) is 103 Å². The van der Waals surface area contributed by atoms with Crippen LogP contribution in [0.15, 0.2) is 12.7 Å². The molecule has 0 N–H and O–H groups in total. The second-order valence-electron chi connectivity index (χ2n) is 8.08. The first-order valence-electron chi connectivity index (χ1n) is 12.1. The van der Waals surface area contributed by atoms with Gasteiger partial charge in [0.2, 0.25) is 0 Å². The smallest absolute Gasteiger partial charge is 0.455 e. The van der Waals surface area contributed by atoms with Gasteiger partial charge in [-0.2, -0.15) is 0 Å². The molecule has 1 unspecified atom stereocenters. The number of hydrogen-bond donors (Lipinski definition) is 0. The second kappa shape index (κ2) is 20.2. The van der Waals surface area contributed by atoms with Crippen LogP contribution in [-0.2, 0) is 22.8 Å². The largest absolute Gasteiger partial charge is 0.543 e. The second-order valence-corrected chi connectivity index (χ2v) is 11.2. The molecule has 0 radical (unpaired) electrons. The highest BCUT2D eigenvalue weighted by Gasteiger charge is 2.49. The zero-order chi connectivity index (χ0) is 22.5. The third kappa shape index (κ3) is 13.6.